The van der Waals surface area contributed by atoms with Gasteiger partial charge < -0.3 is 4.74 Å². The number of benzene rings is 1. The summed E-state index contributed by atoms with van der Waals surface area (Å²) in [6, 6.07) is 4.29. The van der Waals surface area contributed by atoms with Crippen LogP contribution in [0.4, 0.5) is 4.39 Å². The third-order valence-corrected chi connectivity index (χ3v) is 4.01. The monoisotopic (exact) mass is 390 g/mol. The van der Waals surface area contributed by atoms with Crippen LogP contribution in [0.15, 0.2) is 24.4 Å². The summed E-state index contributed by atoms with van der Waals surface area (Å²) in [7, 11) is 1.59. The van der Waals surface area contributed by atoms with Crippen molar-refractivity contribution in [2.45, 2.75) is 19.5 Å². The van der Waals surface area contributed by atoms with Crippen LogP contribution in [0, 0.1) is 9.39 Å². The molecule has 7 heteroatoms. The summed E-state index contributed by atoms with van der Waals surface area (Å²) in [6.45, 7) is 2.67. The SMILES string of the molecule is CCn1ncc(OC)c1C(NN)c1ccc(F)cc1I. The van der Waals surface area contributed by atoms with Gasteiger partial charge in [0.1, 0.15) is 11.5 Å². The minimum Gasteiger partial charge on any atom is -0.493 e. The molecule has 0 radical (unpaired) electrons. The van der Waals surface area contributed by atoms with E-state index in [2.05, 4.69) is 33.1 Å². The van der Waals surface area contributed by atoms with E-state index in [1.54, 1.807) is 19.4 Å². The number of aromatic nitrogens is 2. The first-order valence-electron chi connectivity index (χ1n) is 6.13. The number of hydrazine groups is 1. The molecule has 0 amide bonds. The van der Waals surface area contributed by atoms with Gasteiger partial charge in [-0.2, -0.15) is 5.10 Å². The van der Waals surface area contributed by atoms with Crippen LogP contribution in [0.25, 0.3) is 0 Å². The van der Waals surface area contributed by atoms with Crippen molar-refractivity contribution < 1.29 is 9.13 Å². The third-order valence-electron chi connectivity index (χ3n) is 3.08. The van der Waals surface area contributed by atoms with E-state index in [1.165, 1.54) is 12.1 Å². The molecule has 0 spiro atoms. The molecule has 20 heavy (non-hydrogen) atoms. The zero-order valence-corrected chi connectivity index (χ0v) is 13.4. The predicted octanol–water partition coefficient (Wildman–Crippen LogP) is 2.21. The molecule has 1 aromatic carbocycles. The van der Waals surface area contributed by atoms with Gasteiger partial charge >= 0.3 is 0 Å². The number of hydrogen-bond acceptors (Lipinski definition) is 4. The van der Waals surface area contributed by atoms with Crippen molar-refractivity contribution in [1.82, 2.24) is 15.2 Å². The molecule has 2 aromatic rings. The van der Waals surface area contributed by atoms with Crippen LogP contribution in [-0.2, 0) is 6.54 Å². The van der Waals surface area contributed by atoms with Crippen molar-refractivity contribution in [3.8, 4) is 5.75 Å². The Kier molecular flexibility index (Phi) is 4.95. The van der Waals surface area contributed by atoms with E-state index in [4.69, 9.17) is 10.6 Å². The fraction of sp³-hybridized carbons (Fsp3) is 0.308. The number of nitrogens with one attached hydrogen (secondary N) is 1. The molecule has 0 saturated heterocycles. The van der Waals surface area contributed by atoms with Gasteiger partial charge in [-0.15, -0.1) is 0 Å². The number of nitrogens with zero attached hydrogens (tertiary/aromatic N) is 2. The Balaban J connectivity index is 2.54. The van der Waals surface area contributed by atoms with E-state index in [0.29, 0.717) is 12.3 Å². The smallest absolute Gasteiger partial charge is 0.161 e. The van der Waals surface area contributed by atoms with Gasteiger partial charge in [0.2, 0.25) is 0 Å². The summed E-state index contributed by atoms with van der Waals surface area (Å²) in [5, 5.41) is 4.27. The minimum absolute atomic E-state index is 0.273. The summed E-state index contributed by atoms with van der Waals surface area (Å²) < 4.78 is 21.2. The summed E-state index contributed by atoms with van der Waals surface area (Å²) in [4.78, 5) is 0. The van der Waals surface area contributed by atoms with Crippen molar-refractivity contribution in [2.75, 3.05) is 7.11 Å². The Hall–Kier alpha value is -1.19. The lowest BCUT2D eigenvalue weighted by Gasteiger charge is -2.20. The summed E-state index contributed by atoms with van der Waals surface area (Å²) in [6.07, 6.45) is 1.65. The molecule has 1 aromatic heterocycles. The predicted molar refractivity (Wildman–Crippen MR) is 82.7 cm³/mol. The topological polar surface area (TPSA) is 65.1 Å². The minimum atomic E-state index is -0.320. The van der Waals surface area contributed by atoms with Gasteiger partial charge in [0.05, 0.1) is 19.3 Å². The molecule has 3 N–H and O–H groups in total. The van der Waals surface area contributed by atoms with Crippen LogP contribution in [0.1, 0.15) is 24.2 Å². The van der Waals surface area contributed by atoms with Crippen LogP contribution in [0.3, 0.4) is 0 Å². The number of ether oxygens (including phenoxy) is 1. The molecule has 108 valence electrons. The summed E-state index contributed by atoms with van der Waals surface area (Å²) in [5.74, 6) is 6.08. The molecule has 0 fully saturated rings. The zero-order chi connectivity index (χ0) is 14.7. The van der Waals surface area contributed by atoms with Crippen molar-refractivity contribution in [3.63, 3.8) is 0 Å². The second-order valence-electron chi connectivity index (χ2n) is 4.18. The molecule has 2 rings (SSSR count). The standard InChI is InChI=1S/C13H16FIN4O/c1-3-19-13(11(20-2)7-17-19)12(18-16)9-5-4-8(14)6-10(9)15/h4-7,12,18H,3,16H2,1-2H3. The fourth-order valence-electron chi connectivity index (χ4n) is 2.13. The van der Waals surface area contributed by atoms with E-state index in [9.17, 15) is 4.39 Å². The molecule has 0 bridgehead atoms. The molecule has 0 aliphatic carbocycles. The lowest BCUT2D eigenvalue weighted by Crippen LogP contribution is -2.31. The molecule has 0 saturated carbocycles. The van der Waals surface area contributed by atoms with Gasteiger partial charge in [0.15, 0.2) is 5.75 Å². The van der Waals surface area contributed by atoms with Crippen molar-refractivity contribution in [2.24, 2.45) is 5.84 Å². The number of methoxy groups -OCH3 is 1. The van der Waals surface area contributed by atoms with E-state index in [-0.39, 0.29) is 11.9 Å². The summed E-state index contributed by atoms with van der Waals surface area (Å²) >= 11 is 2.09. The molecule has 0 aliphatic rings. The van der Waals surface area contributed by atoms with Gasteiger partial charge in [-0.1, -0.05) is 6.07 Å². The average molecular weight is 390 g/mol. The van der Waals surface area contributed by atoms with Crippen molar-refractivity contribution in [3.05, 3.63) is 45.0 Å². The number of halogens is 2. The maximum Gasteiger partial charge on any atom is 0.161 e. The van der Waals surface area contributed by atoms with Crippen LogP contribution in [0.2, 0.25) is 0 Å². The molecule has 1 atom stereocenters. The highest BCUT2D eigenvalue weighted by Crippen LogP contribution is 2.32. The lowest BCUT2D eigenvalue weighted by molar-refractivity contribution is 0.399. The molecule has 5 nitrogen and oxygen atoms in total. The Morgan fingerprint density at radius 3 is 2.85 bits per heavy atom. The van der Waals surface area contributed by atoms with Crippen LogP contribution < -0.4 is 16.0 Å². The number of rotatable bonds is 5. The second kappa shape index (κ2) is 6.51. The molecular weight excluding hydrogens is 374 g/mol. The first kappa shape index (κ1) is 15.2. The van der Waals surface area contributed by atoms with Crippen LogP contribution in [0.5, 0.6) is 5.75 Å². The largest absolute Gasteiger partial charge is 0.493 e. The second-order valence-corrected chi connectivity index (χ2v) is 5.34. The molecule has 1 heterocycles. The number of aryl methyl sites for hydroxylation is 1. The fourth-order valence-corrected chi connectivity index (χ4v) is 2.92. The number of nitrogens with two attached hydrogens (primary N) is 1. The van der Waals surface area contributed by atoms with Crippen LogP contribution >= 0.6 is 22.6 Å². The van der Waals surface area contributed by atoms with Gasteiger partial charge in [0, 0.05) is 10.1 Å². The van der Waals surface area contributed by atoms with Gasteiger partial charge in [-0.05, 0) is 47.2 Å². The highest BCUT2D eigenvalue weighted by Gasteiger charge is 2.24. The van der Waals surface area contributed by atoms with Gasteiger partial charge in [-0.3, -0.25) is 10.5 Å². The van der Waals surface area contributed by atoms with Crippen molar-refractivity contribution >= 4 is 22.6 Å². The van der Waals surface area contributed by atoms with E-state index >= 15 is 0 Å². The van der Waals surface area contributed by atoms with Crippen LogP contribution in [-0.4, -0.2) is 16.9 Å². The third kappa shape index (κ3) is 2.79. The van der Waals surface area contributed by atoms with Crippen molar-refractivity contribution in [1.29, 1.82) is 0 Å². The molecule has 0 aliphatic heterocycles. The Morgan fingerprint density at radius 2 is 2.30 bits per heavy atom. The first-order valence-corrected chi connectivity index (χ1v) is 7.21. The molecule has 1 unspecified atom stereocenters. The average Bonchev–Trinajstić information content (AvgIpc) is 2.85. The maximum atomic E-state index is 13.2. The Morgan fingerprint density at radius 1 is 1.55 bits per heavy atom. The van der Waals surface area contributed by atoms with E-state index < -0.39 is 0 Å². The number of hydrogen-bond donors (Lipinski definition) is 2. The van der Waals surface area contributed by atoms with Gasteiger partial charge in [-0.25, -0.2) is 9.82 Å². The Labute approximate surface area is 130 Å². The maximum absolute atomic E-state index is 13.2. The zero-order valence-electron chi connectivity index (χ0n) is 11.2. The summed E-state index contributed by atoms with van der Waals surface area (Å²) in [5.41, 5.74) is 4.46. The highest BCUT2D eigenvalue weighted by molar-refractivity contribution is 14.1. The Bertz CT molecular complexity index is 581. The molecular formula is C13H16FIN4O. The van der Waals surface area contributed by atoms with E-state index in [1.807, 2.05) is 11.6 Å². The van der Waals surface area contributed by atoms with E-state index in [0.717, 1.165) is 14.8 Å². The quantitative estimate of drug-likeness (QED) is 0.467. The first-order chi connectivity index (χ1) is 9.62. The lowest BCUT2D eigenvalue weighted by atomic mass is 10.0. The van der Waals surface area contributed by atoms with Gasteiger partial charge in [0.25, 0.3) is 0 Å². The normalized spacial score (nSPS) is 12.4. The highest BCUT2D eigenvalue weighted by atomic mass is 127.